The molecule has 1 aliphatic rings. The summed E-state index contributed by atoms with van der Waals surface area (Å²) >= 11 is 0. The van der Waals surface area contributed by atoms with Gasteiger partial charge in [-0.25, -0.2) is 13.4 Å². The van der Waals surface area contributed by atoms with E-state index in [1.807, 2.05) is 0 Å². The number of aryl methyl sites for hydroxylation is 1. The monoisotopic (exact) mass is 374 g/mol. The van der Waals surface area contributed by atoms with Crippen molar-refractivity contribution in [2.24, 2.45) is 7.05 Å². The number of anilines is 1. The quantitative estimate of drug-likeness (QED) is 0.700. The Morgan fingerprint density at radius 2 is 2.15 bits per heavy atom. The molecule has 1 aliphatic heterocycles. The maximum atomic E-state index is 12.8. The lowest BCUT2D eigenvalue weighted by molar-refractivity contribution is -0.121. The number of carbonyl (C=O) groups is 1. The van der Waals surface area contributed by atoms with Gasteiger partial charge in [-0.2, -0.15) is 9.82 Å². The van der Waals surface area contributed by atoms with E-state index in [0.29, 0.717) is 36.2 Å². The number of hydrogen-bond donors (Lipinski definition) is 2. The first-order chi connectivity index (χ1) is 12.5. The van der Waals surface area contributed by atoms with Crippen molar-refractivity contribution >= 4 is 32.8 Å². The van der Waals surface area contributed by atoms with Crippen molar-refractivity contribution in [3.8, 4) is 0 Å². The number of aromatic amines is 1. The number of piperidine rings is 1. The number of nitrogens with one attached hydrogen (secondary N) is 2. The summed E-state index contributed by atoms with van der Waals surface area (Å²) in [6.07, 6.45) is 5.73. The van der Waals surface area contributed by atoms with E-state index < -0.39 is 16.1 Å². The molecular formula is C16H18N6O3S. The SMILES string of the molecule is Cn1nccc1N1CCCC(NS(=O)(=O)c2c[nH]c3ncccc23)C1=O. The van der Waals surface area contributed by atoms with Crippen molar-refractivity contribution in [3.05, 3.63) is 36.8 Å². The molecule has 1 saturated heterocycles. The molecule has 1 amide bonds. The molecule has 0 aromatic carbocycles. The van der Waals surface area contributed by atoms with Crippen LogP contribution < -0.4 is 9.62 Å². The molecule has 136 valence electrons. The summed E-state index contributed by atoms with van der Waals surface area (Å²) in [6, 6.07) is 4.27. The predicted molar refractivity (Wildman–Crippen MR) is 95.0 cm³/mol. The van der Waals surface area contributed by atoms with E-state index >= 15 is 0 Å². The highest BCUT2D eigenvalue weighted by Crippen LogP contribution is 2.24. The van der Waals surface area contributed by atoms with Crippen molar-refractivity contribution in [1.29, 1.82) is 0 Å². The van der Waals surface area contributed by atoms with Crippen LogP contribution in [0.5, 0.6) is 0 Å². The number of H-pyrrole nitrogens is 1. The Bertz CT molecular complexity index is 1070. The predicted octanol–water partition coefficient (Wildman–Crippen LogP) is 0.770. The van der Waals surface area contributed by atoms with Gasteiger partial charge >= 0.3 is 0 Å². The number of pyridine rings is 1. The van der Waals surface area contributed by atoms with Gasteiger partial charge in [-0.1, -0.05) is 0 Å². The van der Waals surface area contributed by atoms with Crippen LogP contribution in [0.1, 0.15) is 12.8 Å². The number of nitrogens with zero attached hydrogens (tertiary/aromatic N) is 4. The Morgan fingerprint density at radius 1 is 1.31 bits per heavy atom. The van der Waals surface area contributed by atoms with Gasteiger partial charge in [0, 0.05) is 37.4 Å². The molecule has 0 radical (unpaired) electrons. The number of fused-ring (bicyclic) bond motifs is 1. The molecule has 3 aromatic rings. The van der Waals surface area contributed by atoms with Gasteiger partial charge in [0.05, 0.1) is 6.20 Å². The van der Waals surface area contributed by atoms with Crippen LogP contribution in [0.3, 0.4) is 0 Å². The largest absolute Gasteiger partial charge is 0.345 e. The molecule has 1 unspecified atom stereocenters. The van der Waals surface area contributed by atoms with Crippen LogP contribution in [0, 0.1) is 0 Å². The molecule has 10 heteroatoms. The van der Waals surface area contributed by atoms with E-state index in [-0.39, 0.29) is 10.8 Å². The third-order valence-electron chi connectivity index (χ3n) is 4.51. The number of sulfonamides is 1. The van der Waals surface area contributed by atoms with Crippen LogP contribution >= 0.6 is 0 Å². The molecule has 9 nitrogen and oxygen atoms in total. The lowest BCUT2D eigenvalue weighted by Gasteiger charge is -2.32. The lowest BCUT2D eigenvalue weighted by atomic mass is 10.1. The molecule has 0 bridgehead atoms. The number of carbonyl (C=O) groups excluding carboxylic acids is 1. The zero-order valence-electron chi connectivity index (χ0n) is 14.1. The minimum absolute atomic E-state index is 0.0889. The first kappa shape index (κ1) is 16.7. The minimum Gasteiger partial charge on any atom is -0.345 e. The molecule has 1 fully saturated rings. The number of aromatic nitrogens is 4. The fourth-order valence-corrected chi connectivity index (χ4v) is 4.64. The van der Waals surface area contributed by atoms with Crippen molar-refractivity contribution in [1.82, 2.24) is 24.5 Å². The topological polar surface area (TPSA) is 113 Å². The highest BCUT2D eigenvalue weighted by Gasteiger charge is 2.34. The van der Waals surface area contributed by atoms with E-state index in [0.717, 1.165) is 0 Å². The Hall–Kier alpha value is -2.72. The molecule has 4 heterocycles. The van der Waals surface area contributed by atoms with E-state index in [9.17, 15) is 13.2 Å². The fraction of sp³-hybridized carbons (Fsp3) is 0.312. The second kappa shape index (κ2) is 6.22. The first-order valence-electron chi connectivity index (χ1n) is 8.21. The van der Waals surface area contributed by atoms with Gasteiger partial charge in [0.15, 0.2) is 0 Å². The van der Waals surface area contributed by atoms with Gasteiger partial charge in [0.25, 0.3) is 0 Å². The third-order valence-corrected chi connectivity index (χ3v) is 6.02. The normalized spacial score (nSPS) is 18.6. The maximum absolute atomic E-state index is 12.8. The molecule has 0 saturated carbocycles. The molecule has 0 spiro atoms. The van der Waals surface area contributed by atoms with Crippen LogP contribution in [0.4, 0.5) is 5.82 Å². The first-order valence-corrected chi connectivity index (χ1v) is 9.69. The second-order valence-corrected chi connectivity index (χ2v) is 7.85. The fourth-order valence-electron chi connectivity index (χ4n) is 3.25. The number of amides is 1. The van der Waals surface area contributed by atoms with Gasteiger partial charge in [0.1, 0.15) is 22.4 Å². The van der Waals surface area contributed by atoms with E-state index in [1.54, 1.807) is 47.2 Å². The molecule has 2 N–H and O–H groups in total. The summed E-state index contributed by atoms with van der Waals surface area (Å²) in [5, 5.41) is 4.57. The van der Waals surface area contributed by atoms with Crippen molar-refractivity contribution in [3.63, 3.8) is 0 Å². The summed E-state index contributed by atoms with van der Waals surface area (Å²) in [5.74, 6) is 0.372. The molecule has 4 rings (SSSR count). The van der Waals surface area contributed by atoms with Crippen molar-refractivity contribution < 1.29 is 13.2 Å². The molecule has 26 heavy (non-hydrogen) atoms. The summed E-state index contributed by atoms with van der Waals surface area (Å²) in [7, 11) is -2.12. The third kappa shape index (κ3) is 2.76. The Labute approximate surface area is 150 Å². The summed E-state index contributed by atoms with van der Waals surface area (Å²) < 4.78 is 29.8. The zero-order valence-corrected chi connectivity index (χ0v) is 14.9. The second-order valence-electron chi connectivity index (χ2n) is 6.17. The van der Waals surface area contributed by atoms with Gasteiger partial charge in [-0.05, 0) is 25.0 Å². The minimum atomic E-state index is -3.87. The summed E-state index contributed by atoms with van der Waals surface area (Å²) in [4.78, 5) is 21.4. The highest BCUT2D eigenvalue weighted by atomic mass is 32.2. The maximum Gasteiger partial charge on any atom is 0.246 e. The van der Waals surface area contributed by atoms with Gasteiger partial charge in [-0.15, -0.1) is 0 Å². The van der Waals surface area contributed by atoms with Crippen molar-refractivity contribution in [2.75, 3.05) is 11.4 Å². The molecular weight excluding hydrogens is 356 g/mol. The molecule has 0 aliphatic carbocycles. The average Bonchev–Trinajstić information content (AvgIpc) is 3.23. The van der Waals surface area contributed by atoms with E-state index in [2.05, 4.69) is 19.8 Å². The van der Waals surface area contributed by atoms with Crippen LogP contribution in [-0.2, 0) is 21.9 Å². The average molecular weight is 374 g/mol. The van der Waals surface area contributed by atoms with Crippen LogP contribution in [0.15, 0.2) is 41.7 Å². The van der Waals surface area contributed by atoms with Gasteiger partial charge < -0.3 is 4.98 Å². The number of hydrogen-bond acceptors (Lipinski definition) is 5. The standard InChI is InChI=1S/C16H18N6O3S/c1-21-14(6-8-19-21)22-9-3-5-12(16(22)23)20-26(24,25)13-10-18-15-11(13)4-2-7-17-15/h2,4,6-8,10,12,20H,3,5,9H2,1H3,(H,17,18). The zero-order chi connectivity index (χ0) is 18.3. The van der Waals surface area contributed by atoms with E-state index in [1.165, 1.54) is 6.20 Å². The lowest BCUT2D eigenvalue weighted by Crippen LogP contribution is -2.52. The van der Waals surface area contributed by atoms with Gasteiger partial charge in [-0.3, -0.25) is 14.4 Å². The number of rotatable bonds is 4. The van der Waals surface area contributed by atoms with Crippen LogP contribution in [-0.4, -0.2) is 46.7 Å². The Kier molecular flexibility index (Phi) is 4.00. The summed E-state index contributed by atoms with van der Waals surface area (Å²) in [6.45, 7) is 0.535. The summed E-state index contributed by atoms with van der Waals surface area (Å²) in [5.41, 5.74) is 0.486. The molecule has 3 aromatic heterocycles. The smallest absolute Gasteiger partial charge is 0.246 e. The van der Waals surface area contributed by atoms with Gasteiger partial charge in [0.2, 0.25) is 15.9 Å². The van der Waals surface area contributed by atoms with Crippen molar-refractivity contribution in [2.45, 2.75) is 23.8 Å². The van der Waals surface area contributed by atoms with Crippen LogP contribution in [0.25, 0.3) is 11.0 Å². The van der Waals surface area contributed by atoms with Crippen LogP contribution in [0.2, 0.25) is 0 Å². The van der Waals surface area contributed by atoms with E-state index in [4.69, 9.17) is 0 Å². The Balaban J connectivity index is 1.61. The highest BCUT2D eigenvalue weighted by molar-refractivity contribution is 7.89. The molecule has 1 atom stereocenters. The Morgan fingerprint density at radius 3 is 2.92 bits per heavy atom.